The standard InChI is InChI=1S/C22H13F5N4O/c1-12-2-4-13(5-3-12)15-8-18(21(23,24)22(25,26)27)30-20-14(15)6-7-19-29-16(10-31(19)20)17-9-28-11-32-17/h2-11H,1H3. The van der Waals surface area contributed by atoms with Crippen molar-refractivity contribution < 1.29 is 26.4 Å². The molecular weight excluding hydrogens is 431 g/mol. The van der Waals surface area contributed by atoms with Crippen LogP contribution in [0.1, 0.15) is 11.3 Å². The fourth-order valence-corrected chi connectivity index (χ4v) is 3.47. The van der Waals surface area contributed by atoms with Crippen molar-refractivity contribution in [2.75, 3.05) is 0 Å². The number of aromatic nitrogens is 4. The molecule has 4 heterocycles. The molecule has 0 amide bonds. The van der Waals surface area contributed by atoms with E-state index < -0.39 is 17.8 Å². The summed E-state index contributed by atoms with van der Waals surface area (Å²) in [5.41, 5.74) is 0.762. The van der Waals surface area contributed by atoms with Gasteiger partial charge in [0.05, 0.1) is 6.20 Å². The molecule has 0 fully saturated rings. The second-order valence-electron chi connectivity index (χ2n) is 7.28. The summed E-state index contributed by atoms with van der Waals surface area (Å²) in [4.78, 5) is 11.9. The number of nitrogens with zero attached hydrogens (tertiary/aromatic N) is 4. The molecule has 32 heavy (non-hydrogen) atoms. The van der Waals surface area contributed by atoms with Crippen LogP contribution in [0.25, 0.3) is 39.3 Å². The van der Waals surface area contributed by atoms with Crippen LogP contribution in [-0.2, 0) is 5.92 Å². The van der Waals surface area contributed by atoms with Gasteiger partial charge in [0.25, 0.3) is 0 Å². The number of oxazole rings is 1. The second kappa shape index (κ2) is 6.84. The summed E-state index contributed by atoms with van der Waals surface area (Å²) in [5, 5.41) is 0.393. The van der Waals surface area contributed by atoms with E-state index in [1.54, 1.807) is 36.4 Å². The van der Waals surface area contributed by atoms with Crippen molar-refractivity contribution in [1.82, 2.24) is 19.4 Å². The Kier molecular flexibility index (Phi) is 4.30. The van der Waals surface area contributed by atoms with E-state index in [-0.39, 0.29) is 11.2 Å². The second-order valence-corrected chi connectivity index (χ2v) is 7.28. The van der Waals surface area contributed by atoms with Gasteiger partial charge in [0, 0.05) is 11.6 Å². The highest BCUT2D eigenvalue weighted by atomic mass is 19.4. The molecule has 4 aromatic heterocycles. The van der Waals surface area contributed by atoms with E-state index in [1.807, 2.05) is 6.92 Å². The normalized spacial score (nSPS) is 12.7. The first-order chi connectivity index (χ1) is 15.1. The molecule has 0 unspecified atom stereocenters. The third-order valence-electron chi connectivity index (χ3n) is 5.12. The first kappa shape index (κ1) is 20.1. The van der Waals surface area contributed by atoms with E-state index in [0.717, 1.165) is 11.6 Å². The third-order valence-corrected chi connectivity index (χ3v) is 5.12. The average Bonchev–Trinajstić information content (AvgIpc) is 3.42. The highest BCUT2D eigenvalue weighted by Crippen LogP contribution is 2.45. The van der Waals surface area contributed by atoms with Gasteiger partial charge in [0.2, 0.25) is 0 Å². The summed E-state index contributed by atoms with van der Waals surface area (Å²) in [6, 6.07) is 10.8. The lowest BCUT2D eigenvalue weighted by Crippen LogP contribution is -2.34. The van der Waals surface area contributed by atoms with E-state index in [2.05, 4.69) is 15.0 Å². The topological polar surface area (TPSA) is 56.2 Å². The van der Waals surface area contributed by atoms with Crippen LogP contribution in [0.2, 0.25) is 0 Å². The zero-order valence-electron chi connectivity index (χ0n) is 16.4. The molecule has 0 spiro atoms. The minimum Gasteiger partial charge on any atom is -0.442 e. The number of alkyl halides is 5. The van der Waals surface area contributed by atoms with Crippen molar-refractivity contribution in [2.24, 2.45) is 0 Å². The van der Waals surface area contributed by atoms with Crippen LogP contribution in [-0.4, -0.2) is 25.5 Å². The maximum Gasteiger partial charge on any atom is 0.459 e. The predicted molar refractivity (Wildman–Crippen MR) is 106 cm³/mol. The fourth-order valence-electron chi connectivity index (χ4n) is 3.47. The molecule has 5 rings (SSSR count). The lowest BCUT2D eigenvalue weighted by molar-refractivity contribution is -0.290. The Bertz CT molecular complexity index is 1440. The van der Waals surface area contributed by atoms with Crippen molar-refractivity contribution in [3.05, 3.63) is 72.5 Å². The van der Waals surface area contributed by atoms with Gasteiger partial charge in [-0.15, -0.1) is 0 Å². The van der Waals surface area contributed by atoms with Gasteiger partial charge in [-0.3, -0.25) is 4.40 Å². The smallest absolute Gasteiger partial charge is 0.442 e. The number of hydrogen-bond acceptors (Lipinski definition) is 4. The van der Waals surface area contributed by atoms with Crippen molar-refractivity contribution in [3.63, 3.8) is 0 Å². The minimum absolute atomic E-state index is 0.0854. The molecule has 10 heteroatoms. The van der Waals surface area contributed by atoms with E-state index in [0.29, 0.717) is 28.1 Å². The molecule has 162 valence electrons. The molecule has 0 aliphatic rings. The van der Waals surface area contributed by atoms with E-state index in [4.69, 9.17) is 4.42 Å². The third kappa shape index (κ3) is 3.10. The van der Waals surface area contributed by atoms with Gasteiger partial charge in [-0.2, -0.15) is 22.0 Å². The number of aryl methyl sites for hydroxylation is 1. The maximum absolute atomic E-state index is 14.3. The predicted octanol–water partition coefficient (Wildman–Crippen LogP) is 6.17. The zero-order valence-corrected chi connectivity index (χ0v) is 16.4. The largest absolute Gasteiger partial charge is 0.459 e. The average molecular weight is 444 g/mol. The van der Waals surface area contributed by atoms with Crippen LogP contribution in [0, 0.1) is 6.92 Å². The summed E-state index contributed by atoms with van der Waals surface area (Å²) >= 11 is 0. The van der Waals surface area contributed by atoms with Gasteiger partial charge in [0.1, 0.15) is 22.7 Å². The highest BCUT2D eigenvalue weighted by molar-refractivity contribution is 5.94. The van der Waals surface area contributed by atoms with Crippen LogP contribution in [0.5, 0.6) is 0 Å². The Morgan fingerprint density at radius 1 is 0.938 bits per heavy atom. The van der Waals surface area contributed by atoms with Gasteiger partial charge in [-0.25, -0.2) is 15.0 Å². The monoisotopic (exact) mass is 444 g/mol. The molecule has 0 radical (unpaired) electrons. The molecule has 5 nitrogen and oxygen atoms in total. The van der Waals surface area contributed by atoms with Gasteiger partial charge in [0.15, 0.2) is 12.2 Å². The van der Waals surface area contributed by atoms with Crippen molar-refractivity contribution >= 4 is 16.7 Å². The molecule has 0 aliphatic carbocycles. The van der Waals surface area contributed by atoms with Gasteiger partial charge in [-0.05, 0) is 36.2 Å². The Hall–Kier alpha value is -3.82. The minimum atomic E-state index is -5.80. The Labute approximate surface area is 177 Å². The van der Waals surface area contributed by atoms with Crippen LogP contribution in [0.15, 0.2) is 65.7 Å². The molecule has 0 bridgehead atoms. The van der Waals surface area contributed by atoms with Crippen molar-refractivity contribution in [2.45, 2.75) is 19.0 Å². The van der Waals surface area contributed by atoms with E-state index in [1.165, 1.54) is 23.2 Å². The quantitative estimate of drug-likeness (QED) is 0.313. The Morgan fingerprint density at radius 2 is 1.69 bits per heavy atom. The van der Waals surface area contributed by atoms with E-state index in [9.17, 15) is 22.0 Å². The SMILES string of the molecule is Cc1ccc(-c2cc(C(F)(F)C(F)(F)F)nc3c2ccc2nc(-c4cnco4)cn23)cc1. The first-order valence-corrected chi connectivity index (χ1v) is 9.39. The number of imidazole rings is 1. The molecule has 1 aromatic carbocycles. The molecule has 0 atom stereocenters. The Balaban J connectivity index is 1.85. The van der Waals surface area contributed by atoms with Gasteiger partial charge in [-0.1, -0.05) is 29.8 Å². The number of pyridine rings is 2. The lowest BCUT2D eigenvalue weighted by Gasteiger charge is -2.20. The number of benzene rings is 1. The number of fused-ring (bicyclic) bond motifs is 3. The van der Waals surface area contributed by atoms with Gasteiger partial charge >= 0.3 is 12.1 Å². The maximum atomic E-state index is 14.3. The Morgan fingerprint density at radius 3 is 2.34 bits per heavy atom. The van der Waals surface area contributed by atoms with Gasteiger partial charge < -0.3 is 4.42 Å². The first-order valence-electron chi connectivity index (χ1n) is 9.39. The summed E-state index contributed by atoms with van der Waals surface area (Å²) < 4.78 is 74.8. The number of rotatable bonds is 3. The number of halogens is 5. The molecule has 0 saturated heterocycles. The van der Waals surface area contributed by atoms with Crippen LogP contribution < -0.4 is 0 Å². The number of hydrogen-bond donors (Lipinski definition) is 0. The molecular formula is C22H13F5N4O. The fraction of sp³-hybridized carbons (Fsp3) is 0.136. The lowest BCUT2D eigenvalue weighted by atomic mass is 9.99. The summed E-state index contributed by atoms with van der Waals surface area (Å²) in [6.45, 7) is 1.84. The molecule has 5 aromatic rings. The summed E-state index contributed by atoms with van der Waals surface area (Å²) in [7, 11) is 0. The highest BCUT2D eigenvalue weighted by Gasteiger charge is 2.60. The van der Waals surface area contributed by atoms with Crippen LogP contribution in [0.4, 0.5) is 22.0 Å². The summed E-state index contributed by atoms with van der Waals surface area (Å²) in [6.07, 6.45) is -1.72. The zero-order chi connectivity index (χ0) is 22.7. The van der Waals surface area contributed by atoms with Crippen LogP contribution >= 0.6 is 0 Å². The van der Waals surface area contributed by atoms with Crippen molar-refractivity contribution in [1.29, 1.82) is 0 Å². The molecule has 0 N–H and O–H groups in total. The summed E-state index contributed by atoms with van der Waals surface area (Å²) in [5.74, 6) is -4.82. The van der Waals surface area contributed by atoms with Crippen molar-refractivity contribution in [3.8, 4) is 22.6 Å². The molecule has 0 saturated carbocycles. The van der Waals surface area contributed by atoms with E-state index >= 15 is 0 Å². The van der Waals surface area contributed by atoms with Crippen LogP contribution in [0.3, 0.4) is 0 Å². The molecule has 0 aliphatic heterocycles.